The first-order valence-corrected chi connectivity index (χ1v) is 14.2. The number of nitrogens with zero attached hydrogens (tertiary/aromatic N) is 1. The van der Waals surface area contributed by atoms with E-state index in [4.69, 9.17) is 9.26 Å². The van der Waals surface area contributed by atoms with E-state index in [2.05, 4.69) is 47.9 Å². The van der Waals surface area contributed by atoms with Crippen LogP contribution in [0.5, 0.6) is 0 Å². The normalized spacial score (nSPS) is 15.3. The van der Waals surface area contributed by atoms with Gasteiger partial charge >= 0.3 is 5.97 Å². The molecular weight excluding hydrogens is 469 g/mol. The molecule has 0 aliphatic carbocycles. The molecule has 0 rings (SSSR count). The molecule has 35 heavy (non-hydrogen) atoms. The summed E-state index contributed by atoms with van der Waals surface area (Å²) >= 11 is 0. The number of hydrogen-bond acceptors (Lipinski definition) is 7. The first-order chi connectivity index (χ1) is 16.6. The number of esters is 1. The summed E-state index contributed by atoms with van der Waals surface area (Å²) in [5.41, 5.74) is 0. The maximum atomic E-state index is 11.8. The third-order valence-corrected chi connectivity index (χ3v) is 5.87. The molecule has 0 amide bonds. The van der Waals surface area contributed by atoms with E-state index in [1.807, 2.05) is 21.1 Å². The van der Waals surface area contributed by atoms with Crippen molar-refractivity contribution in [3.63, 3.8) is 0 Å². The molecule has 0 aliphatic heterocycles. The Morgan fingerprint density at radius 2 is 1.51 bits per heavy atom. The van der Waals surface area contributed by atoms with Gasteiger partial charge in [-0.05, 0) is 38.5 Å². The molecule has 0 radical (unpaired) electrons. The van der Waals surface area contributed by atoms with Crippen molar-refractivity contribution in [3.05, 3.63) is 36.5 Å². The lowest BCUT2D eigenvalue weighted by Crippen LogP contribution is -2.37. The zero-order valence-corrected chi connectivity index (χ0v) is 23.1. The van der Waals surface area contributed by atoms with Crippen molar-refractivity contribution >= 4 is 13.8 Å². The molecular formula is C26H48NO7P. The largest absolute Gasteiger partial charge is 0.756 e. The van der Waals surface area contributed by atoms with Crippen LogP contribution in [0.15, 0.2) is 36.5 Å². The molecule has 0 bridgehead atoms. The molecule has 0 saturated carbocycles. The number of unbranched alkanes of at least 4 members (excludes halogenated alkanes) is 5. The van der Waals surface area contributed by atoms with Gasteiger partial charge in [-0.3, -0.25) is 9.36 Å². The third-order valence-electron chi connectivity index (χ3n) is 4.90. The highest BCUT2D eigenvalue weighted by Gasteiger charge is 2.16. The topological polar surface area (TPSA) is 105 Å². The van der Waals surface area contributed by atoms with Gasteiger partial charge in [0.15, 0.2) is 0 Å². The molecule has 0 aromatic heterocycles. The number of allylic oxidation sites excluding steroid dienone is 6. The SMILES string of the molecule is CC/C=C/C/C=C/C/C=C/CCCCCCCC(=O)OC[C@@H](O)COP(=O)([O-])OCC[N+](C)(C)C. The fourth-order valence-corrected chi connectivity index (χ4v) is 3.57. The van der Waals surface area contributed by atoms with Crippen molar-refractivity contribution in [2.45, 2.75) is 77.2 Å². The standard InChI is InChI=1S/C26H48NO7P/c1-5-6-7-8-9-10-11-12-13-14-15-16-17-18-19-20-26(29)32-23-25(28)24-34-35(30,31)33-22-21-27(2,3)4/h6-7,9-10,12-13,25,28H,5,8,11,14-24H2,1-4H3/b7-6+,10-9+,13-12+/t25-/m1/s1. The molecule has 0 fully saturated rings. The summed E-state index contributed by atoms with van der Waals surface area (Å²) in [5.74, 6) is -0.408. The molecule has 204 valence electrons. The maximum Gasteiger partial charge on any atom is 0.305 e. The van der Waals surface area contributed by atoms with Crippen LogP contribution in [0, 0.1) is 0 Å². The van der Waals surface area contributed by atoms with Crippen LogP contribution in [0.1, 0.15) is 71.1 Å². The minimum Gasteiger partial charge on any atom is -0.756 e. The summed E-state index contributed by atoms with van der Waals surface area (Å²) in [4.78, 5) is 23.5. The van der Waals surface area contributed by atoms with Gasteiger partial charge in [-0.15, -0.1) is 0 Å². The number of phosphoric ester groups is 1. The number of carbonyl (C=O) groups is 1. The Hall–Kier alpha value is -1.28. The van der Waals surface area contributed by atoms with Crippen LogP contribution in [-0.2, 0) is 23.1 Å². The molecule has 9 heteroatoms. The molecule has 1 N–H and O–H groups in total. The highest BCUT2D eigenvalue weighted by molar-refractivity contribution is 7.45. The molecule has 0 spiro atoms. The fourth-order valence-electron chi connectivity index (χ4n) is 2.84. The average molecular weight is 518 g/mol. The molecule has 0 saturated heterocycles. The second-order valence-corrected chi connectivity index (χ2v) is 10.9. The van der Waals surface area contributed by atoms with Crippen LogP contribution in [0.4, 0.5) is 0 Å². The fraction of sp³-hybridized carbons (Fsp3) is 0.731. The minimum atomic E-state index is -4.50. The first kappa shape index (κ1) is 33.7. The van der Waals surface area contributed by atoms with Crippen molar-refractivity contribution in [3.8, 4) is 0 Å². The van der Waals surface area contributed by atoms with Crippen LogP contribution in [-0.4, -0.2) is 69.2 Å². The molecule has 1 unspecified atom stereocenters. The number of carbonyl (C=O) groups excluding carboxylic acids is 1. The number of rotatable bonds is 22. The lowest BCUT2D eigenvalue weighted by Gasteiger charge is -2.27. The number of aliphatic hydroxyl groups excluding tert-OH is 1. The average Bonchev–Trinajstić information content (AvgIpc) is 2.78. The van der Waals surface area contributed by atoms with Gasteiger partial charge in [0.2, 0.25) is 0 Å². The van der Waals surface area contributed by atoms with Crippen molar-refractivity contribution in [1.29, 1.82) is 0 Å². The molecule has 0 aromatic carbocycles. The lowest BCUT2D eigenvalue weighted by atomic mass is 10.1. The van der Waals surface area contributed by atoms with E-state index in [0.29, 0.717) is 11.0 Å². The van der Waals surface area contributed by atoms with E-state index in [-0.39, 0.29) is 19.6 Å². The van der Waals surface area contributed by atoms with Crippen LogP contribution in [0.2, 0.25) is 0 Å². The van der Waals surface area contributed by atoms with E-state index in [1.54, 1.807) is 0 Å². The number of phosphoric acid groups is 1. The molecule has 2 atom stereocenters. The highest BCUT2D eigenvalue weighted by atomic mass is 31.2. The number of hydrogen-bond donors (Lipinski definition) is 1. The molecule has 0 heterocycles. The van der Waals surface area contributed by atoms with Gasteiger partial charge in [-0.25, -0.2) is 0 Å². The van der Waals surface area contributed by atoms with E-state index in [1.165, 1.54) is 0 Å². The van der Waals surface area contributed by atoms with E-state index in [9.17, 15) is 19.4 Å². The number of aliphatic hydroxyl groups is 1. The monoisotopic (exact) mass is 517 g/mol. The second-order valence-electron chi connectivity index (χ2n) is 9.53. The van der Waals surface area contributed by atoms with Gasteiger partial charge in [0.25, 0.3) is 7.82 Å². The highest BCUT2D eigenvalue weighted by Crippen LogP contribution is 2.38. The zero-order valence-electron chi connectivity index (χ0n) is 22.2. The van der Waals surface area contributed by atoms with Crippen LogP contribution < -0.4 is 4.89 Å². The number of quaternary nitrogens is 1. The maximum absolute atomic E-state index is 11.8. The quantitative estimate of drug-likeness (QED) is 0.0730. The molecule has 8 nitrogen and oxygen atoms in total. The Kier molecular flexibility index (Phi) is 20.1. The summed E-state index contributed by atoms with van der Waals surface area (Å²) in [6, 6.07) is 0. The Morgan fingerprint density at radius 1 is 0.914 bits per heavy atom. The molecule has 0 aliphatic rings. The van der Waals surface area contributed by atoms with Gasteiger partial charge in [-0.2, -0.15) is 0 Å². The molecule has 0 aromatic rings. The Labute approximate surface area is 212 Å². The third kappa shape index (κ3) is 25.6. The van der Waals surface area contributed by atoms with Gasteiger partial charge in [0.05, 0.1) is 27.7 Å². The minimum absolute atomic E-state index is 0.0128. The summed E-state index contributed by atoms with van der Waals surface area (Å²) in [6.07, 6.45) is 21.3. The zero-order chi connectivity index (χ0) is 26.4. The van der Waals surface area contributed by atoms with Crippen molar-refractivity contribution in [1.82, 2.24) is 0 Å². The van der Waals surface area contributed by atoms with Gasteiger partial charge in [0.1, 0.15) is 25.9 Å². The van der Waals surface area contributed by atoms with E-state index >= 15 is 0 Å². The number of likely N-dealkylation sites (N-methyl/N-ethyl adjacent to an activating group) is 1. The second kappa shape index (κ2) is 20.9. The first-order valence-electron chi connectivity index (χ1n) is 12.7. The van der Waals surface area contributed by atoms with Gasteiger partial charge in [-0.1, -0.05) is 62.6 Å². The van der Waals surface area contributed by atoms with E-state index in [0.717, 1.165) is 57.8 Å². The predicted octanol–water partition coefficient (Wildman–Crippen LogP) is 4.69. The lowest BCUT2D eigenvalue weighted by molar-refractivity contribution is -0.870. The van der Waals surface area contributed by atoms with Crippen molar-refractivity contribution in [2.75, 3.05) is 47.5 Å². The van der Waals surface area contributed by atoms with Gasteiger partial charge in [0, 0.05) is 6.42 Å². The van der Waals surface area contributed by atoms with E-state index < -0.39 is 26.5 Å². The van der Waals surface area contributed by atoms with Crippen LogP contribution in [0.25, 0.3) is 0 Å². The number of ether oxygens (including phenoxy) is 1. The van der Waals surface area contributed by atoms with Crippen molar-refractivity contribution in [2.24, 2.45) is 0 Å². The summed E-state index contributed by atoms with van der Waals surface area (Å²) < 4.78 is 26.6. The van der Waals surface area contributed by atoms with Crippen LogP contribution >= 0.6 is 7.82 Å². The summed E-state index contributed by atoms with van der Waals surface area (Å²) in [5, 5.41) is 9.79. The Balaban J connectivity index is 3.66. The summed E-state index contributed by atoms with van der Waals surface area (Å²) in [7, 11) is 1.23. The van der Waals surface area contributed by atoms with Crippen LogP contribution in [0.3, 0.4) is 0 Å². The predicted molar refractivity (Wildman–Crippen MR) is 139 cm³/mol. The summed E-state index contributed by atoms with van der Waals surface area (Å²) in [6.45, 7) is 1.78. The Morgan fingerprint density at radius 3 is 2.17 bits per heavy atom. The van der Waals surface area contributed by atoms with Gasteiger partial charge < -0.3 is 28.3 Å². The smallest absolute Gasteiger partial charge is 0.305 e. The Bertz CT molecular complexity index is 671. The van der Waals surface area contributed by atoms with Crippen molar-refractivity contribution < 1.29 is 37.6 Å².